The van der Waals surface area contributed by atoms with Gasteiger partial charge in [-0.15, -0.1) is 10.2 Å². The lowest BCUT2D eigenvalue weighted by Gasteiger charge is -2.34. The second-order valence-electron chi connectivity index (χ2n) is 7.04. The lowest BCUT2D eigenvalue weighted by molar-refractivity contribution is 0.260. The quantitative estimate of drug-likeness (QED) is 0.428. The first-order valence-corrected chi connectivity index (χ1v) is 10.4. The fourth-order valence-corrected chi connectivity index (χ4v) is 3.45. The van der Waals surface area contributed by atoms with E-state index in [-0.39, 0.29) is 0 Å². The monoisotopic (exact) mass is 408 g/mol. The van der Waals surface area contributed by atoms with E-state index in [2.05, 4.69) is 52.5 Å². The number of pyridine rings is 1. The minimum absolute atomic E-state index is 0.469. The minimum atomic E-state index is 0.469. The van der Waals surface area contributed by atoms with Gasteiger partial charge in [-0.25, -0.2) is 15.0 Å². The van der Waals surface area contributed by atoms with Crippen molar-refractivity contribution in [3.63, 3.8) is 0 Å². The molecule has 10 heteroatoms. The molecule has 0 bridgehead atoms. The summed E-state index contributed by atoms with van der Waals surface area (Å²) in [5.41, 5.74) is 0.834. The van der Waals surface area contributed by atoms with Crippen molar-refractivity contribution in [3.05, 3.63) is 48.7 Å². The molecule has 10 nitrogen and oxygen atoms in total. The van der Waals surface area contributed by atoms with Gasteiger partial charge >= 0.3 is 0 Å². The van der Waals surface area contributed by atoms with Gasteiger partial charge in [-0.05, 0) is 25.1 Å². The highest BCUT2D eigenvalue weighted by atomic mass is 15.3. The molecule has 0 atom stereocenters. The molecule has 3 aromatic rings. The van der Waals surface area contributed by atoms with E-state index >= 15 is 0 Å². The standard InChI is InChI=1S/C20H28N10/c1-2-21-19(25-16-18-27-26-17-6-3-4-10-30(17)18)22-9-11-28-12-14-29(15-13-28)20-23-7-5-8-24-20/h3-8,10H,2,9,11-16H2,1H3,(H2,21,22,25). The molecule has 158 valence electrons. The second-order valence-corrected chi connectivity index (χ2v) is 7.04. The van der Waals surface area contributed by atoms with Crippen LogP contribution in [0.5, 0.6) is 0 Å². The van der Waals surface area contributed by atoms with Crippen molar-refractivity contribution in [3.8, 4) is 0 Å². The van der Waals surface area contributed by atoms with Gasteiger partial charge in [0.05, 0.1) is 0 Å². The van der Waals surface area contributed by atoms with Gasteiger partial charge in [0.15, 0.2) is 17.4 Å². The average molecular weight is 409 g/mol. The number of nitrogens with zero attached hydrogens (tertiary/aromatic N) is 8. The molecule has 0 unspecified atom stereocenters. The molecular formula is C20H28N10. The maximum Gasteiger partial charge on any atom is 0.225 e. The third kappa shape index (κ3) is 5.01. The topological polar surface area (TPSA) is 98.9 Å². The van der Waals surface area contributed by atoms with Gasteiger partial charge in [0.2, 0.25) is 5.95 Å². The summed E-state index contributed by atoms with van der Waals surface area (Å²) >= 11 is 0. The fourth-order valence-electron chi connectivity index (χ4n) is 3.45. The summed E-state index contributed by atoms with van der Waals surface area (Å²) in [5.74, 6) is 2.43. The molecule has 1 aliphatic rings. The average Bonchev–Trinajstić information content (AvgIpc) is 3.22. The van der Waals surface area contributed by atoms with Crippen LogP contribution in [-0.4, -0.2) is 81.2 Å². The van der Waals surface area contributed by atoms with Crippen molar-refractivity contribution in [1.82, 2.24) is 40.1 Å². The number of rotatable bonds is 7. The Morgan fingerprint density at radius 2 is 1.87 bits per heavy atom. The van der Waals surface area contributed by atoms with E-state index in [9.17, 15) is 0 Å². The maximum atomic E-state index is 4.67. The van der Waals surface area contributed by atoms with E-state index in [1.54, 1.807) is 12.4 Å². The molecule has 0 amide bonds. The van der Waals surface area contributed by atoms with E-state index in [1.165, 1.54) is 0 Å². The van der Waals surface area contributed by atoms with Crippen molar-refractivity contribution in [2.75, 3.05) is 50.7 Å². The summed E-state index contributed by atoms with van der Waals surface area (Å²) < 4.78 is 1.96. The number of piperazine rings is 1. The zero-order valence-corrected chi connectivity index (χ0v) is 17.3. The van der Waals surface area contributed by atoms with Crippen LogP contribution in [-0.2, 0) is 6.54 Å². The smallest absolute Gasteiger partial charge is 0.225 e. The largest absolute Gasteiger partial charge is 0.357 e. The SMILES string of the molecule is CCNC(=NCc1nnc2ccccn12)NCCN1CCN(c2ncccn2)CC1. The van der Waals surface area contributed by atoms with Gasteiger partial charge in [-0.3, -0.25) is 9.30 Å². The third-order valence-electron chi connectivity index (χ3n) is 5.03. The van der Waals surface area contributed by atoms with Crippen LogP contribution in [0.2, 0.25) is 0 Å². The lowest BCUT2D eigenvalue weighted by atomic mass is 10.3. The van der Waals surface area contributed by atoms with Crippen molar-refractivity contribution in [2.45, 2.75) is 13.5 Å². The van der Waals surface area contributed by atoms with Gasteiger partial charge in [0.25, 0.3) is 0 Å². The number of anilines is 1. The summed E-state index contributed by atoms with van der Waals surface area (Å²) in [7, 11) is 0. The predicted molar refractivity (Wildman–Crippen MR) is 116 cm³/mol. The molecular weight excluding hydrogens is 380 g/mol. The molecule has 3 aromatic heterocycles. The normalized spacial score (nSPS) is 15.5. The van der Waals surface area contributed by atoms with Crippen LogP contribution in [0.15, 0.2) is 47.8 Å². The molecule has 0 aromatic carbocycles. The number of aliphatic imine (C=N–C) groups is 1. The van der Waals surface area contributed by atoms with Crippen LogP contribution < -0.4 is 15.5 Å². The molecule has 1 aliphatic heterocycles. The minimum Gasteiger partial charge on any atom is -0.357 e. The first kappa shape index (κ1) is 20.0. The van der Waals surface area contributed by atoms with Crippen molar-refractivity contribution < 1.29 is 0 Å². The van der Waals surface area contributed by atoms with Crippen LogP contribution >= 0.6 is 0 Å². The molecule has 0 saturated carbocycles. The molecule has 1 fully saturated rings. The molecule has 2 N–H and O–H groups in total. The maximum absolute atomic E-state index is 4.67. The van der Waals surface area contributed by atoms with Crippen LogP contribution in [0.25, 0.3) is 5.65 Å². The van der Waals surface area contributed by atoms with Crippen molar-refractivity contribution >= 4 is 17.6 Å². The zero-order valence-electron chi connectivity index (χ0n) is 17.3. The number of aromatic nitrogens is 5. The third-order valence-corrected chi connectivity index (χ3v) is 5.03. The van der Waals surface area contributed by atoms with Gasteiger partial charge in [0, 0.05) is 64.4 Å². The Kier molecular flexibility index (Phi) is 6.65. The first-order valence-electron chi connectivity index (χ1n) is 10.4. The summed E-state index contributed by atoms with van der Waals surface area (Å²) in [6, 6.07) is 7.71. The molecule has 0 aliphatic carbocycles. The first-order chi connectivity index (χ1) is 14.8. The molecule has 0 spiro atoms. The molecule has 1 saturated heterocycles. The number of nitrogens with one attached hydrogen (secondary N) is 2. The van der Waals surface area contributed by atoms with E-state index in [1.807, 2.05) is 34.9 Å². The Labute approximate surface area is 176 Å². The summed E-state index contributed by atoms with van der Waals surface area (Å²) in [5, 5.41) is 15.1. The van der Waals surface area contributed by atoms with E-state index < -0.39 is 0 Å². The zero-order chi connectivity index (χ0) is 20.6. The summed E-state index contributed by atoms with van der Waals surface area (Å²) in [4.78, 5) is 18.0. The Balaban J connectivity index is 1.25. The Morgan fingerprint density at radius 1 is 1.03 bits per heavy atom. The molecule has 4 rings (SSSR count). The van der Waals surface area contributed by atoms with Gasteiger partial charge in [-0.2, -0.15) is 0 Å². The summed E-state index contributed by atoms with van der Waals surface area (Å²) in [6.07, 6.45) is 5.55. The predicted octanol–water partition coefficient (Wildman–Crippen LogP) is 0.397. The van der Waals surface area contributed by atoms with Crippen LogP contribution in [0.1, 0.15) is 12.7 Å². The van der Waals surface area contributed by atoms with E-state index in [0.717, 1.165) is 69.2 Å². The van der Waals surface area contributed by atoms with E-state index in [4.69, 9.17) is 0 Å². The van der Waals surface area contributed by atoms with E-state index in [0.29, 0.717) is 6.54 Å². The fraction of sp³-hybridized carbons (Fsp3) is 0.450. The number of guanidine groups is 1. The Bertz CT molecular complexity index is 946. The Morgan fingerprint density at radius 3 is 2.67 bits per heavy atom. The Hall–Kier alpha value is -3.27. The number of hydrogen-bond acceptors (Lipinski definition) is 7. The van der Waals surface area contributed by atoms with Crippen molar-refractivity contribution in [2.24, 2.45) is 4.99 Å². The molecule has 30 heavy (non-hydrogen) atoms. The van der Waals surface area contributed by atoms with Crippen molar-refractivity contribution in [1.29, 1.82) is 0 Å². The molecule has 4 heterocycles. The highest BCUT2D eigenvalue weighted by molar-refractivity contribution is 5.79. The van der Waals surface area contributed by atoms with Crippen LogP contribution in [0, 0.1) is 0 Å². The second kappa shape index (κ2) is 9.97. The van der Waals surface area contributed by atoms with Crippen LogP contribution in [0.3, 0.4) is 0 Å². The highest BCUT2D eigenvalue weighted by Gasteiger charge is 2.18. The summed E-state index contributed by atoms with van der Waals surface area (Å²) in [6.45, 7) is 9.01. The highest BCUT2D eigenvalue weighted by Crippen LogP contribution is 2.09. The van der Waals surface area contributed by atoms with Gasteiger partial charge < -0.3 is 15.5 Å². The number of fused-ring (bicyclic) bond motifs is 1. The number of hydrogen-bond donors (Lipinski definition) is 2. The lowest BCUT2D eigenvalue weighted by Crippen LogP contribution is -2.49. The molecule has 0 radical (unpaired) electrons. The van der Waals surface area contributed by atoms with Crippen LogP contribution in [0.4, 0.5) is 5.95 Å². The van der Waals surface area contributed by atoms with Gasteiger partial charge in [0.1, 0.15) is 6.54 Å². The van der Waals surface area contributed by atoms with Gasteiger partial charge in [-0.1, -0.05) is 6.07 Å².